The smallest absolute Gasteiger partial charge is 0.340 e. The first-order valence-electron chi connectivity index (χ1n) is 5.42. The molecule has 0 bridgehead atoms. The third-order valence-corrected chi connectivity index (χ3v) is 2.32. The molecular formula is C12H15FN2O4. The summed E-state index contributed by atoms with van der Waals surface area (Å²) in [6.07, 6.45) is 0. The second-order valence-electron chi connectivity index (χ2n) is 3.74. The fourth-order valence-corrected chi connectivity index (χ4v) is 1.36. The van der Waals surface area contributed by atoms with Crippen molar-refractivity contribution < 1.29 is 23.5 Å². The molecule has 104 valence electrons. The molecule has 0 aliphatic heterocycles. The molecule has 1 aromatic rings. The first-order valence-corrected chi connectivity index (χ1v) is 5.42. The van der Waals surface area contributed by atoms with Gasteiger partial charge in [-0.1, -0.05) is 0 Å². The summed E-state index contributed by atoms with van der Waals surface area (Å²) in [6, 6.07) is 2.71. The Balaban J connectivity index is 2.85. The third-order valence-electron chi connectivity index (χ3n) is 2.32. The van der Waals surface area contributed by atoms with Crippen LogP contribution in [0.4, 0.5) is 10.1 Å². The van der Waals surface area contributed by atoms with E-state index in [9.17, 15) is 14.0 Å². The summed E-state index contributed by atoms with van der Waals surface area (Å²) in [5.74, 6) is -2.05. The average Bonchev–Trinajstić information content (AvgIpc) is 2.40. The van der Waals surface area contributed by atoms with Gasteiger partial charge in [-0.25, -0.2) is 9.18 Å². The van der Waals surface area contributed by atoms with E-state index >= 15 is 0 Å². The molecule has 0 saturated heterocycles. The molecule has 6 nitrogen and oxygen atoms in total. The fourth-order valence-electron chi connectivity index (χ4n) is 1.36. The SMILES string of the molecule is COCC(N)C(=O)Nc1ccc(F)c(C(=O)OC)c1. The number of rotatable bonds is 5. The fraction of sp³-hybridized carbons (Fsp3) is 0.333. The molecule has 7 heteroatoms. The molecular weight excluding hydrogens is 255 g/mol. The van der Waals surface area contributed by atoms with Gasteiger partial charge in [-0.2, -0.15) is 0 Å². The van der Waals surface area contributed by atoms with Crippen LogP contribution in [0.1, 0.15) is 10.4 Å². The van der Waals surface area contributed by atoms with E-state index in [0.29, 0.717) is 0 Å². The van der Waals surface area contributed by atoms with E-state index < -0.39 is 23.7 Å². The van der Waals surface area contributed by atoms with Crippen molar-refractivity contribution in [3.63, 3.8) is 0 Å². The quantitative estimate of drug-likeness (QED) is 0.761. The van der Waals surface area contributed by atoms with Gasteiger partial charge < -0.3 is 20.5 Å². The molecule has 1 aromatic carbocycles. The lowest BCUT2D eigenvalue weighted by Gasteiger charge is -2.12. The van der Waals surface area contributed by atoms with Crippen molar-refractivity contribution in [2.75, 3.05) is 26.1 Å². The van der Waals surface area contributed by atoms with Crippen LogP contribution in [0.5, 0.6) is 0 Å². The number of amides is 1. The number of ether oxygens (including phenoxy) is 2. The number of carbonyl (C=O) groups is 2. The van der Waals surface area contributed by atoms with E-state index in [2.05, 4.69) is 10.1 Å². The lowest BCUT2D eigenvalue weighted by molar-refractivity contribution is -0.118. The Morgan fingerprint density at radius 2 is 2.11 bits per heavy atom. The molecule has 0 radical (unpaired) electrons. The Labute approximate surface area is 109 Å². The third kappa shape index (κ3) is 4.01. The van der Waals surface area contributed by atoms with Crippen LogP contribution >= 0.6 is 0 Å². The van der Waals surface area contributed by atoms with Crippen molar-refractivity contribution in [3.05, 3.63) is 29.6 Å². The first-order chi connectivity index (χ1) is 8.99. The summed E-state index contributed by atoms with van der Waals surface area (Å²) in [7, 11) is 2.56. The predicted molar refractivity (Wildman–Crippen MR) is 66.2 cm³/mol. The highest BCUT2D eigenvalue weighted by molar-refractivity contribution is 5.97. The molecule has 0 aromatic heterocycles. The van der Waals surface area contributed by atoms with Crippen molar-refractivity contribution >= 4 is 17.6 Å². The van der Waals surface area contributed by atoms with Gasteiger partial charge in [0.25, 0.3) is 0 Å². The molecule has 1 rings (SSSR count). The van der Waals surface area contributed by atoms with Crippen LogP contribution < -0.4 is 11.1 Å². The van der Waals surface area contributed by atoms with E-state index in [0.717, 1.165) is 13.2 Å². The molecule has 0 aliphatic carbocycles. The summed E-state index contributed by atoms with van der Waals surface area (Å²) in [5, 5.41) is 2.45. The Morgan fingerprint density at radius 1 is 1.42 bits per heavy atom. The van der Waals surface area contributed by atoms with Gasteiger partial charge >= 0.3 is 5.97 Å². The Bertz CT molecular complexity index is 479. The van der Waals surface area contributed by atoms with Crippen molar-refractivity contribution in [2.24, 2.45) is 5.73 Å². The summed E-state index contributed by atoms with van der Waals surface area (Å²) in [5.41, 5.74) is 5.51. The van der Waals surface area contributed by atoms with Crippen molar-refractivity contribution in [1.29, 1.82) is 0 Å². The molecule has 1 amide bonds. The van der Waals surface area contributed by atoms with Gasteiger partial charge in [0.15, 0.2) is 0 Å². The molecule has 0 heterocycles. The van der Waals surface area contributed by atoms with Crippen LogP contribution in [0.15, 0.2) is 18.2 Å². The number of anilines is 1. The highest BCUT2D eigenvalue weighted by atomic mass is 19.1. The maximum atomic E-state index is 13.4. The van der Waals surface area contributed by atoms with E-state index in [1.54, 1.807) is 0 Å². The maximum absolute atomic E-state index is 13.4. The van der Waals surface area contributed by atoms with Gasteiger partial charge in [-0.3, -0.25) is 4.79 Å². The zero-order chi connectivity index (χ0) is 14.4. The molecule has 1 atom stereocenters. The molecule has 0 aliphatic rings. The Morgan fingerprint density at radius 3 is 2.68 bits per heavy atom. The lowest BCUT2D eigenvalue weighted by Crippen LogP contribution is -2.39. The van der Waals surface area contributed by atoms with Crippen molar-refractivity contribution in [3.8, 4) is 0 Å². The van der Waals surface area contributed by atoms with Crippen molar-refractivity contribution in [2.45, 2.75) is 6.04 Å². The second-order valence-corrected chi connectivity index (χ2v) is 3.74. The number of halogens is 1. The molecule has 19 heavy (non-hydrogen) atoms. The summed E-state index contributed by atoms with van der Waals surface area (Å²) >= 11 is 0. The van der Waals surface area contributed by atoms with Gasteiger partial charge in [0.2, 0.25) is 5.91 Å². The average molecular weight is 270 g/mol. The topological polar surface area (TPSA) is 90.6 Å². The highest BCUT2D eigenvalue weighted by Gasteiger charge is 2.16. The zero-order valence-electron chi connectivity index (χ0n) is 10.6. The van der Waals surface area contributed by atoms with Gasteiger partial charge in [0, 0.05) is 12.8 Å². The molecule has 0 spiro atoms. The summed E-state index contributed by atoms with van der Waals surface area (Å²) in [6.45, 7) is 0.0525. The number of hydrogen-bond acceptors (Lipinski definition) is 5. The largest absolute Gasteiger partial charge is 0.465 e. The minimum atomic E-state index is -0.850. The number of nitrogens with two attached hydrogens (primary N) is 1. The summed E-state index contributed by atoms with van der Waals surface area (Å²) in [4.78, 5) is 22.9. The Hall–Kier alpha value is -1.99. The number of methoxy groups -OCH3 is 2. The van der Waals surface area contributed by atoms with Gasteiger partial charge in [0.05, 0.1) is 19.3 Å². The summed E-state index contributed by atoms with van der Waals surface area (Å²) < 4.78 is 22.5. The van der Waals surface area contributed by atoms with Gasteiger partial charge in [-0.05, 0) is 18.2 Å². The molecule has 0 saturated carbocycles. The van der Waals surface area contributed by atoms with Crippen LogP contribution in [-0.4, -0.2) is 38.7 Å². The van der Waals surface area contributed by atoms with Gasteiger partial charge in [0.1, 0.15) is 11.9 Å². The van der Waals surface area contributed by atoms with Gasteiger partial charge in [-0.15, -0.1) is 0 Å². The molecule has 3 N–H and O–H groups in total. The molecule has 0 fully saturated rings. The van der Waals surface area contributed by atoms with E-state index in [1.165, 1.54) is 19.2 Å². The predicted octanol–water partition coefficient (Wildman–Crippen LogP) is 0.525. The number of benzene rings is 1. The number of hydrogen-bond donors (Lipinski definition) is 2. The zero-order valence-corrected chi connectivity index (χ0v) is 10.6. The number of carbonyl (C=O) groups excluding carboxylic acids is 2. The minimum Gasteiger partial charge on any atom is -0.465 e. The van der Waals surface area contributed by atoms with E-state index in [1.807, 2.05) is 0 Å². The normalized spacial score (nSPS) is 11.8. The van der Waals surface area contributed by atoms with E-state index in [4.69, 9.17) is 10.5 Å². The van der Waals surface area contributed by atoms with Crippen LogP contribution in [0, 0.1) is 5.82 Å². The van der Waals surface area contributed by atoms with Crippen LogP contribution in [0.2, 0.25) is 0 Å². The van der Waals surface area contributed by atoms with Crippen LogP contribution in [0.25, 0.3) is 0 Å². The van der Waals surface area contributed by atoms with E-state index in [-0.39, 0.29) is 17.9 Å². The number of esters is 1. The molecule has 1 unspecified atom stereocenters. The van der Waals surface area contributed by atoms with Crippen LogP contribution in [0.3, 0.4) is 0 Å². The van der Waals surface area contributed by atoms with Crippen LogP contribution in [-0.2, 0) is 14.3 Å². The first kappa shape index (κ1) is 15.1. The lowest BCUT2D eigenvalue weighted by atomic mass is 10.2. The second kappa shape index (κ2) is 6.81. The number of nitrogens with one attached hydrogen (secondary N) is 1. The monoisotopic (exact) mass is 270 g/mol. The Kier molecular flexibility index (Phi) is 5.40. The standard InChI is InChI=1S/C12H15FN2O4/c1-18-6-10(14)11(16)15-7-3-4-9(13)8(5-7)12(17)19-2/h3-5,10H,6,14H2,1-2H3,(H,15,16). The maximum Gasteiger partial charge on any atom is 0.340 e. The van der Waals surface area contributed by atoms with Crippen molar-refractivity contribution in [1.82, 2.24) is 0 Å². The highest BCUT2D eigenvalue weighted by Crippen LogP contribution is 2.15. The minimum absolute atomic E-state index is 0.0525.